The zero-order chi connectivity index (χ0) is 35.0. The SMILES string of the molecule is CCCCc1ccc2c3c4[n+](ccc13)C(CC)(CC)CC(C[N+]1=CCC(C)C=C1c1cc(C(F)(F)F)nn1C)c1ccc(F)c(c1-4)C2(C)C. The summed E-state index contributed by atoms with van der Waals surface area (Å²) in [4.78, 5) is 0. The first-order chi connectivity index (χ1) is 23.3. The molecule has 4 nitrogen and oxygen atoms in total. The number of nitrogens with zero attached hydrogens (tertiary/aromatic N) is 4. The van der Waals surface area contributed by atoms with E-state index in [0.717, 1.165) is 84.7 Å². The minimum absolute atomic E-state index is 0.0202. The molecule has 1 aliphatic carbocycles. The molecule has 258 valence electrons. The number of allylic oxidation sites excluding steroid dienone is 1. The lowest BCUT2D eigenvalue weighted by Gasteiger charge is -2.36. The number of rotatable bonds is 8. The van der Waals surface area contributed by atoms with Crippen LogP contribution in [0.4, 0.5) is 17.6 Å². The third-order valence-corrected chi connectivity index (χ3v) is 11.9. The number of aromatic nitrogens is 3. The first-order valence-electron chi connectivity index (χ1n) is 18.0. The van der Waals surface area contributed by atoms with Gasteiger partial charge in [0, 0.05) is 55.8 Å². The fourth-order valence-electron chi connectivity index (χ4n) is 9.16. The molecule has 2 atom stereocenters. The molecule has 2 aromatic heterocycles. The Morgan fingerprint density at radius 3 is 2.47 bits per heavy atom. The van der Waals surface area contributed by atoms with Crippen LogP contribution in [0.15, 0.2) is 48.7 Å². The molecule has 0 bridgehead atoms. The van der Waals surface area contributed by atoms with Gasteiger partial charge in [-0.1, -0.05) is 66.2 Å². The average molecular weight is 673 g/mol. The van der Waals surface area contributed by atoms with Gasteiger partial charge in [0.1, 0.15) is 17.7 Å². The molecular formula is C41H48F4N4+2. The van der Waals surface area contributed by atoms with Crippen LogP contribution in [-0.2, 0) is 30.6 Å². The van der Waals surface area contributed by atoms with E-state index in [9.17, 15) is 13.2 Å². The van der Waals surface area contributed by atoms with Gasteiger partial charge in [-0.25, -0.2) is 8.97 Å². The number of pyridine rings is 1. The van der Waals surface area contributed by atoms with Gasteiger partial charge in [0.25, 0.3) is 0 Å². The average Bonchev–Trinajstić information content (AvgIpc) is 3.42. The molecule has 49 heavy (non-hydrogen) atoms. The zero-order valence-corrected chi connectivity index (χ0v) is 29.8. The third-order valence-electron chi connectivity index (χ3n) is 11.9. The maximum Gasteiger partial charge on any atom is 0.435 e. The summed E-state index contributed by atoms with van der Waals surface area (Å²) in [5.74, 6) is -0.0464. The monoisotopic (exact) mass is 672 g/mol. The summed E-state index contributed by atoms with van der Waals surface area (Å²) in [7, 11) is 1.58. The summed E-state index contributed by atoms with van der Waals surface area (Å²) in [5.41, 5.74) is 5.94. The van der Waals surface area contributed by atoms with Crippen molar-refractivity contribution in [2.24, 2.45) is 13.0 Å². The Hall–Kier alpha value is -3.81. The van der Waals surface area contributed by atoms with Gasteiger partial charge in [-0.05, 0) is 53.0 Å². The van der Waals surface area contributed by atoms with Crippen molar-refractivity contribution in [1.29, 1.82) is 0 Å². The van der Waals surface area contributed by atoms with E-state index in [4.69, 9.17) is 0 Å². The van der Waals surface area contributed by atoms with Crippen molar-refractivity contribution in [3.05, 3.63) is 88.1 Å². The van der Waals surface area contributed by atoms with E-state index in [0.29, 0.717) is 12.2 Å². The van der Waals surface area contributed by atoms with E-state index in [1.807, 2.05) is 6.07 Å². The predicted molar refractivity (Wildman–Crippen MR) is 187 cm³/mol. The first-order valence-corrected chi connectivity index (χ1v) is 18.0. The molecule has 0 fully saturated rings. The minimum Gasteiger partial charge on any atom is -0.261 e. The lowest BCUT2D eigenvalue weighted by atomic mass is 9.67. The maximum absolute atomic E-state index is 16.4. The van der Waals surface area contributed by atoms with Crippen LogP contribution in [0.2, 0.25) is 0 Å². The second-order valence-electron chi connectivity index (χ2n) is 15.2. The summed E-state index contributed by atoms with van der Waals surface area (Å²) in [5, 5.41) is 6.35. The van der Waals surface area contributed by atoms with Gasteiger partial charge in [0.05, 0.1) is 16.9 Å². The lowest BCUT2D eigenvalue weighted by Crippen LogP contribution is -2.57. The number of halogens is 4. The molecule has 4 aromatic rings. The molecule has 2 aromatic carbocycles. The lowest BCUT2D eigenvalue weighted by molar-refractivity contribution is -0.756. The molecule has 0 spiro atoms. The van der Waals surface area contributed by atoms with Crippen molar-refractivity contribution in [2.75, 3.05) is 6.54 Å². The van der Waals surface area contributed by atoms with Crippen LogP contribution in [0.25, 0.3) is 27.7 Å². The largest absolute Gasteiger partial charge is 0.435 e. The summed E-state index contributed by atoms with van der Waals surface area (Å²) < 4.78 is 63.8. The van der Waals surface area contributed by atoms with Gasteiger partial charge in [0.2, 0.25) is 11.4 Å². The maximum atomic E-state index is 16.4. The summed E-state index contributed by atoms with van der Waals surface area (Å²) in [6.07, 6.45) is 8.54. The number of benzene rings is 2. The Bertz CT molecular complexity index is 2030. The second kappa shape index (κ2) is 11.9. The highest BCUT2D eigenvalue weighted by Crippen LogP contribution is 2.54. The van der Waals surface area contributed by atoms with Crippen molar-refractivity contribution in [3.8, 4) is 11.3 Å². The Labute approximate surface area is 287 Å². The molecule has 2 unspecified atom stereocenters. The first kappa shape index (κ1) is 33.7. The molecular weight excluding hydrogens is 624 g/mol. The van der Waals surface area contributed by atoms with Gasteiger partial charge >= 0.3 is 6.18 Å². The molecule has 7 rings (SSSR count). The van der Waals surface area contributed by atoms with Crippen LogP contribution in [0.1, 0.15) is 120 Å². The Balaban J connectivity index is 1.46. The minimum atomic E-state index is -4.53. The van der Waals surface area contributed by atoms with Crippen molar-refractivity contribution in [1.82, 2.24) is 9.78 Å². The molecule has 0 radical (unpaired) electrons. The van der Waals surface area contributed by atoms with E-state index in [-0.39, 0.29) is 23.2 Å². The highest BCUT2D eigenvalue weighted by Gasteiger charge is 2.51. The topological polar surface area (TPSA) is 24.7 Å². The summed E-state index contributed by atoms with van der Waals surface area (Å²) in [6.45, 7) is 13.7. The Morgan fingerprint density at radius 1 is 1.04 bits per heavy atom. The highest BCUT2D eigenvalue weighted by molar-refractivity contribution is 6.02. The van der Waals surface area contributed by atoms with Crippen LogP contribution in [-0.4, -0.2) is 27.1 Å². The van der Waals surface area contributed by atoms with Crippen molar-refractivity contribution in [3.63, 3.8) is 0 Å². The molecule has 4 heterocycles. The molecule has 0 saturated carbocycles. The summed E-state index contributed by atoms with van der Waals surface area (Å²) in [6, 6.07) is 11.6. The van der Waals surface area contributed by atoms with E-state index < -0.39 is 17.3 Å². The zero-order valence-electron chi connectivity index (χ0n) is 29.8. The predicted octanol–water partition coefficient (Wildman–Crippen LogP) is 9.83. The number of alkyl halides is 3. The van der Waals surface area contributed by atoms with Crippen molar-refractivity contribution < 1.29 is 26.7 Å². The van der Waals surface area contributed by atoms with E-state index >= 15 is 4.39 Å². The van der Waals surface area contributed by atoms with Crippen LogP contribution >= 0.6 is 0 Å². The normalized spacial score (nSPS) is 20.6. The fourth-order valence-corrected chi connectivity index (χ4v) is 9.16. The summed E-state index contributed by atoms with van der Waals surface area (Å²) >= 11 is 0. The second-order valence-corrected chi connectivity index (χ2v) is 15.2. The van der Waals surface area contributed by atoms with Gasteiger partial charge < -0.3 is 0 Å². The molecule has 8 heteroatoms. The molecule has 0 amide bonds. The molecule has 0 N–H and O–H groups in total. The smallest absolute Gasteiger partial charge is 0.261 e. The Kier molecular flexibility index (Phi) is 8.19. The van der Waals surface area contributed by atoms with Crippen molar-refractivity contribution in [2.45, 2.75) is 110 Å². The van der Waals surface area contributed by atoms with Gasteiger partial charge in [-0.2, -0.15) is 22.8 Å². The van der Waals surface area contributed by atoms with E-state index in [2.05, 4.69) is 92.5 Å². The number of unbranched alkanes of at least 4 members (excludes halogenated alkanes) is 1. The van der Waals surface area contributed by atoms with Crippen LogP contribution in [0, 0.1) is 11.7 Å². The van der Waals surface area contributed by atoms with Gasteiger partial charge in [-0.3, -0.25) is 4.68 Å². The Morgan fingerprint density at radius 2 is 1.80 bits per heavy atom. The molecule has 0 saturated heterocycles. The third kappa shape index (κ3) is 5.18. The quantitative estimate of drug-likeness (QED) is 0.135. The number of hydrogen-bond donors (Lipinski definition) is 0. The fraction of sp³-hybridized carbons (Fsp3) is 0.488. The number of hydrogen-bond acceptors (Lipinski definition) is 1. The number of aryl methyl sites for hydroxylation is 2. The van der Waals surface area contributed by atoms with Crippen LogP contribution < -0.4 is 4.57 Å². The van der Waals surface area contributed by atoms with Crippen LogP contribution in [0.5, 0.6) is 0 Å². The van der Waals surface area contributed by atoms with Crippen LogP contribution in [0.3, 0.4) is 0 Å². The standard InChI is InChI=1S/C41H48F4N4/c1-8-11-12-26-13-15-30-35-29(26)18-20-49-38(35)36-28(14-16-31(42)37(36)39(30,5)6)27(23-40(49,9-2)10-3)24-48-19-17-25(4)21-33(48)32-22-34(41(43,44)45)46-47(32)7/h13-16,18-22,25,27H,8-12,17,23-24H2,1-7H3/q+2. The van der Waals surface area contributed by atoms with E-state index in [1.54, 1.807) is 13.1 Å². The molecule has 3 aliphatic rings. The highest BCUT2D eigenvalue weighted by atomic mass is 19.4. The van der Waals surface area contributed by atoms with Gasteiger partial charge in [0.15, 0.2) is 24.0 Å². The van der Waals surface area contributed by atoms with E-state index in [1.165, 1.54) is 21.0 Å². The molecule has 2 aliphatic heterocycles. The van der Waals surface area contributed by atoms with Gasteiger partial charge in [-0.15, -0.1) is 0 Å². The van der Waals surface area contributed by atoms with Crippen molar-refractivity contribution >= 4 is 22.7 Å².